The Bertz CT molecular complexity index is 2550. The molecule has 60 heavy (non-hydrogen) atoms. The highest BCUT2D eigenvalue weighted by Gasteiger charge is 2.38. The van der Waals surface area contributed by atoms with E-state index in [1.54, 1.807) is 39.3 Å². The number of aliphatic imine (C=N–C) groups is 1. The van der Waals surface area contributed by atoms with E-state index in [2.05, 4.69) is 28.4 Å². The molecule has 9 rings (SSSR count). The number of benzene rings is 5. The van der Waals surface area contributed by atoms with E-state index in [-0.39, 0.29) is 42.9 Å². The van der Waals surface area contributed by atoms with Gasteiger partial charge in [0.05, 0.1) is 48.8 Å². The molecule has 0 spiro atoms. The predicted molar refractivity (Wildman–Crippen MR) is 232 cm³/mol. The van der Waals surface area contributed by atoms with Gasteiger partial charge in [-0.1, -0.05) is 36.4 Å². The number of anilines is 4. The van der Waals surface area contributed by atoms with E-state index < -0.39 is 0 Å². The summed E-state index contributed by atoms with van der Waals surface area (Å²) >= 11 is 0. The second-order valence-electron chi connectivity index (χ2n) is 15.8. The van der Waals surface area contributed by atoms with Gasteiger partial charge in [0, 0.05) is 68.4 Å². The Morgan fingerprint density at radius 1 is 0.767 bits per heavy atom. The highest BCUT2D eigenvalue weighted by atomic mass is 16.5. The molecule has 0 saturated carbocycles. The molecular formula is C48H47N5O7. The number of Topliss-reactive ketones (excluding diaryl/α,β-unsaturated/α-hetero) is 1. The minimum Gasteiger partial charge on any atom is -0.493 e. The zero-order valence-corrected chi connectivity index (χ0v) is 34.2. The molecule has 0 bridgehead atoms. The molecule has 2 atom stereocenters. The van der Waals surface area contributed by atoms with Crippen molar-refractivity contribution >= 4 is 52.2 Å². The summed E-state index contributed by atoms with van der Waals surface area (Å²) in [5, 5.41) is 3.51. The Balaban J connectivity index is 0.969. The molecular weight excluding hydrogens is 759 g/mol. The molecule has 5 aromatic rings. The van der Waals surface area contributed by atoms with Crippen molar-refractivity contribution in [3.8, 4) is 23.0 Å². The maximum Gasteiger partial charge on any atom is 0.261 e. The average molecular weight is 806 g/mol. The van der Waals surface area contributed by atoms with Crippen molar-refractivity contribution < 1.29 is 33.3 Å². The lowest BCUT2D eigenvalue weighted by molar-refractivity contribution is -0.117. The standard InChI is InChI=1S/C48H47N5O7/c1-29(54)10-9-15-51(2)34-17-30(27-59-45-23-39-37(21-43(45)57-3)47(55)52-35(25-49-39)19-32-11-5-7-13-41(32)52)16-31(18-34)28-60-46-24-40-38(22-44(46)58-4)48(56)53-36(26-50-40)20-33-12-6-8-14-42(33)53/h5-8,11-14,16-18,21-25,35-36,50H,9-10,15,19-20,26-28H2,1-4H3/t35-,36-/m0/s1. The van der Waals surface area contributed by atoms with Gasteiger partial charge in [-0.2, -0.15) is 0 Å². The number of fused-ring (bicyclic) bond motifs is 8. The Morgan fingerprint density at radius 3 is 2.07 bits per heavy atom. The largest absolute Gasteiger partial charge is 0.493 e. The Labute approximate surface area is 349 Å². The number of hydrogen-bond acceptors (Lipinski definition) is 10. The SMILES string of the molecule is COc1cc2c(cc1OCc1cc(COc3cc4c(cc3OC)C(=O)N3c5ccccc5C[C@H]3CN4)cc(N(C)CCCC(C)=O)c1)N=C[C@@H]1Cc3ccccc3N1C2=O. The summed E-state index contributed by atoms with van der Waals surface area (Å²) in [6.07, 6.45) is 4.55. The lowest BCUT2D eigenvalue weighted by Crippen LogP contribution is -2.39. The molecule has 0 radical (unpaired) electrons. The second kappa shape index (κ2) is 16.1. The van der Waals surface area contributed by atoms with Crippen LogP contribution in [0.4, 0.5) is 28.4 Å². The Kier molecular flexibility index (Phi) is 10.4. The maximum atomic E-state index is 14.0. The van der Waals surface area contributed by atoms with E-state index in [0.717, 1.165) is 46.6 Å². The first-order chi connectivity index (χ1) is 29.2. The van der Waals surface area contributed by atoms with E-state index in [1.807, 2.05) is 77.7 Å². The minimum atomic E-state index is -0.172. The number of hydrogen-bond donors (Lipinski definition) is 1. The van der Waals surface area contributed by atoms with Crippen molar-refractivity contribution in [2.45, 2.75) is 57.9 Å². The summed E-state index contributed by atoms with van der Waals surface area (Å²) in [6.45, 7) is 3.28. The fourth-order valence-electron chi connectivity index (χ4n) is 8.75. The number of carbonyl (C=O) groups excluding carboxylic acids is 3. The van der Waals surface area contributed by atoms with Crippen LogP contribution >= 0.6 is 0 Å². The zero-order chi connectivity index (χ0) is 41.5. The number of para-hydroxylation sites is 2. The van der Waals surface area contributed by atoms with Crippen molar-refractivity contribution in [3.63, 3.8) is 0 Å². The molecule has 0 aliphatic carbocycles. The number of ketones is 1. The Morgan fingerprint density at radius 2 is 1.38 bits per heavy atom. The molecule has 4 aliphatic heterocycles. The molecule has 1 N–H and O–H groups in total. The number of ether oxygens (including phenoxy) is 4. The second-order valence-corrected chi connectivity index (χ2v) is 15.8. The summed E-state index contributed by atoms with van der Waals surface area (Å²) < 4.78 is 24.5. The maximum absolute atomic E-state index is 14.0. The van der Waals surface area contributed by atoms with Gasteiger partial charge in [-0.15, -0.1) is 0 Å². The molecule has 0 saturated heterocycles. The van der Waals surface area contributed by atoms with Crippen molar-refractivity contribution in [1.29, 1.82) is 0 Å². The number of methoxy groups -OCH3 is 2. The molecule has 4 heterocycles. The van der Waals surface area contributed by atoms with Crippen molar-refractivity contribution in [2.75, 3.05) is 54.4 Å². The third-order valence-electron chi connectivity index (χ3n) is 11.8. The van der Waals surface area contributed by atoms with Crippen LogP contribution in [0.15, 0.2) is 96.0 Å². The first-order valence-electron chi connectivity index (χ1n) is 20.3. The number of nitrogens with zero attached hydrogens (tertiary/aromatic N) is 4. The molecule has 12 nitrogen and oxygen atoms in total. The zero-order valence-electron chi connectivity index (χ0n) is 34.2. The van der Waals surface area contributed by atoms with Crippen molar-refractivity contribution in [3.05, 3.63) is 124 Å². The van der Waals surface area contributed by atoms with Gasteiger partial charge in [0.15, 0.2) is 23.0 Å². The Hall–Kier alpha value is -6.82. The van der Waals surface area contributed by atoms with E-state index in [4.69, 9.17) is 23.9 Å². The van der Waals surface area contributed by atoms with E-state index in [9.17, 15) is 14.4 Å². The minimum absolute atomic E-state index is 0.00495. The number of amides is 2. The summed E-state index contributed by atoms with van der Waals surface area (Å²) in [7, 11) is 5.13. The normalized spacial score (nSPS) is 16.9. The monoisotopic (exact) mass is 805 g/mol. The highest BCUT2D eigenvalue weighted by molar-refractivity contribution is 6.15. The molecule has 2 amide bonds. The molecule has 5 aromatic carbocycles. The topological polar surface area (TPSA) is 122 Å². The van der Waals surface area contributed by atoms with E-state index in [1.165, 1.54) is 5.56 Å². The molecule has 0 fully saturated rings. The van der Waals surface area contributed by atoms with Crippen LogP contribution in [0.2, 0.25) is 0 Å². The first kappa shape index (κ1) is 38.7. The first-order valence-corrected chi connectivity index (χ1v) is 20.3. The van der Waals surface area contributed by atoms with Crippen molar-refractivity contribution in [1.82, 2.24) is 0 Å². The van der Waals surface area contributed by atoms with E-state index >= 15 is 0 Å². The van der Waals surface area contributed by atoms with Crippen LogP contribution in [0.3, 0.4) is 0 Å². The highest BCUT2D eigenvalue weighted by Crippen LogP contribution is 2.43. The smallest absolute Gasteiger partial charge is 0.261 e. The lowest BCUT2D eigenvalue weighted by Gasteiger charge is -2.23. The van der Waals surface area contributed by atoms with Crippen LogP contribution in [-0.2, 0) is 30.8 Å². The van der Waals surface area contributed by atoms with Crippen LogP contribution < -0.4 is 39.0 Å². The van der Waals surface area contributed by atoms with Gasteiger partial charge in [-0.25, -0.2) is 0 Å². The van der Waals surface area contributed by atoms with Crippen LogP contribution in [0.5, 0.6) is 23.0 Å². The van der Waals surface area contributed by atoms with Crippen LogP contribution in [0.1, 0.15) is 62.7 Å². The van der Waals surface area contributed by atoms with Gasteiger partial charge in [0.2, 0.25) is 0 Å². The predicted octanol–water partition coefficient (Wildman–Crippen LogP) is 7.95. The summed E-state index contributed by atoms with van der Waals surface area (Å²) in [5.41, 5.74) is 9.01. The fourth-order valence-corrected chi connectivity index (χ4v) is 8.75. The van der Waals surface area contributed by atoms with Crippen LogP contribution in [-0.4, -0.2) is 70.3 Å². The van der Waals surface area contributed by atoms with Gasteiger partial charge in [0.1, 0.15) is 19.0 Å². The summed E-state index contributed by atoms with van der Waals surface area (Å²) in [4.78, 5) is 50.3. The van der Waals surface area contributed by atoms with Gasteiger partial charge in [-0.3, -0.25) is 19.5 Å². The molecule has 0 aromatic heterocycles. The summed E-state index contributed by atoms with van der Waals surface area (Å²) in [5.74, 6) is 1.80. The third kappa shape index (κ3) is 7.27. The van der Waals surface area contributed by atoms with Crippen LogP contribution in [0, 0.1) is 0 Å². The molecule has 0 unspecified atom stereocenters. The average Bonchev–Trinajstić information content (AvgIpc) is 3.75. The summed E-state index contributed by atoms with van der Waals surface area (Å²) in [6, 6.07) is 29.1. The number of rotatable bonds is 13. The molecule has 4 aliphatic rings. The van der Waals surface area contributed by atoms with Crippen molar-refractivity contribution in [2.24, 2.45) is 4.99 Å². The van der Waals surface area contributed by atoms with Gasteiger partial charge in [-0.05, 0) is 84.5 Å². The quantitative estimate of drug-likeness (QED) is 0.126. The van der Waals surface area contributed by atoms with Gasteiger partial charge in [0.25, 0.3) is 11.8 Å². The van der Waals surface area contributed by atoms with E-state index in [0.29, 0.717) is 71.4 Å². The van der Waals surface area contributed by atoms with Gasteiger partial charge < -0.3 is 38.9 Å². The lowest BCUT2D eigenvalue weighted by atomic mass is 10.1. The molecule has 306 valence electrons. The fraction of sp³-hybridized carbons (Fsp3) is 0.292. The number of nitrogens with one attached hydrogen (secondary N) is 1. The molecule has 12 heteroatoms. The number of carbonyl (C=O) groups is 3. The third-order valence-corrected chi connectivity index (χ3v) is 11.8. The van der Waals surface area contributed by atoms with Crippen LogP contribution in [0.25, 0.3) is 0 Å². The van der Waals surface area contributed by atoms with Gasteiger partial charge >= 0.3 is 0 Å².